The summed E-state index contributed by atoms with van der Waals surface area (Å²) in [6.45, 7) is 4.03. The van der Waals surface area contributed by atoms with Crippen molar-refractivity contribution in [1.82, 2.24) is 0 Å². The van der Waals surface area contributed by atoms with Gasteiger partial charge in [0.15, 0.2) is 6.10 Å². The molecule has 0 bridgehead atoms. The van der Waals surface area contributed by atoms with Crippen LogP contribution in [0.3, 0.4) is 0 Å². The fourth-order valence-corrected chi connectivity index (χ4v) is 10.5. The molecular formula is C78H134NO8P. The Morgan fingerprint density at radius 1 is 0.352 bits per heavy atom. The van der Waals surface area contributed by atoms with Crippen LogP contribution in [-0.2, 0) is 32.7 Å². The van der Waals surface area contributed by atoms with Crippen LogP contribution in [0, 0.1) is 0 Å². The van der Waals surface area contributed by atoms with Gasteiger partial charge >= 0.3 is 11.9 Å². The highest BCUT2D eigenvalue weighted by molar-refractivity contribution is 7.45. The van der Waals surface area contributed by atoms with E-state index >= 15 is 0 Å². The predicted octanol–water partition coefficient (Wildman–Crippen LogP) is 23.0. The number of likely N-dealkylation sites (N-methyl/N-ethyl adjacent to an activating group) is 1. The van der Waals surface area contributed by atoms with Crippen LogP contribution >= 0.6 is 7.82 Å². The molecule has 0 aromatic rings. The first-order valence-electron chi connectivity index (χ1n) is 35.9. The van der Waals surface area contributed by atoms with E-state index < -0.39 is 26.5 Å². The van der Waals surface area contributed by atoms with Crippen LogP contribution in [0.5, 0.6) is 0 Å². The van der Waals surface area contributed by atoms with Crippen LogP contribution in [0.4, 0.5) is 0 Å². The van der Waals surface area contributed by atoms with Gasteiger partial charge in [0.2, 0.25) is 0 Å². The molecule has 0 saturated carbocycles. The number of hydrogen-bond acceptors (Lipinski definition) is 8. The van der Waals surface area contributed by atoms with Crippen molar-refractivity contribution >= 4 is 19.8 Å². The highest BCUT2D eigenvalue weighted by Gasteiger charge is 2.22. The van der Waals surface area contributed by atoms with Gasteiger partial charge in [-0.2, -0.15) is 0 Å². The Kier molecular flexibility index (Phi) is 64.6. The summed E-state index contributed by atoms with van der Waals surface area (Å²) in [5.74, 6) is -0.831. The third-order valence-electron chi connectivity index (χ3n) is 15.2. The molecule has 0 fully saturated rings. The molecule has 9 nitrogen and oxygen atoms in total. The Bertz CT molecular complexity index is 1950. The molecule has 0 aromatic carbocycles. The molecule has 10 heteroatoms. The van der Waals surface area contributed by atoms with E-state index in [9.17, 15) is 19.0 Å². The number of nitrogens with zero attached hydrogens (tertiary/aromatic N) is 1. The van der Waals surface area contributed by atoms with Crippen molar-refractivity contribution in [3.05, 3.63) is 134 Å². The zero-order valence-electron chi connectivity index (χ0n) is 57.4. The van der Waals surface area contributed by atoms with Gasteiger partial charge in [-0.05, 0) is 109 Å². The third-order valence-corrected chi connectivity index (χ3v) is 16.1. The summed E-state index contributed by atoms with van der Waals surface area (Å²) in [4.78, 5) is 38.1. The minimum Gasteiger partial charge on any atom is -0.756 e. The molecule has 0 spiro atoms. The minimum atomic E-state index is -4.65. The Hall–Kier alpha value is -3.85. The monoisotopic (exact) mass is 1240 g/mol. The van der Waals surface area contributed by atoms with Gasteiger partial charge in [0.1, 0.15) is 19.8 Å². The first-order chi connectivity index (χ1) is 43.0. The topological polar surface area (TPSA) is 111 Å². The summed E-state index contributed by atoms with van der Waals surface area (Å²) < 4.78 is 34.3. The highest BCUT2D eigenvalue weighted by atomic mass is 31.2. The minimum absolute atomic E-state index is 0.0351. The lowest BCUT2D eigenvalue weighted by Gasteiger charge is -2.28. The molecule has 0 saturated heterocycles. The zero-order chi connectivity index (χ0) is 64.1. The van der Waals surface area contributed by atoms with Gasteiger partial charge in [-0.1, -0.05) is 308 Å². The van der Waals surface area contributed by atoms with Crippen LogP contribution in [0.25, 0.3) is 0 Å². The standard InChI is InChI=1S/C78H134NO8P/c1-6-8-10-12-14-16-18-20-22-24-26-28-30-32-34-35-36-37-38-39-40-41-42-43-45-47-49-51-53-55-57-59-61-63-65-67-69-71-78(81)87-76(75-86-88(82,83)85-73-72-79(3,4)5)74-84-77(80)70-68-66-64-62-60-58-56-54-52-50-48-46-44-33-31-29-27-25-23-21-19-17-15-13-11-9-7-2/h8-11,14-17,20-23,26-29,32,34,36-37,39-40,76H,6-7,12-13,18-19,24-25,30-31,33,35,38,41-75H2,1-5H3/b10-8-,11-9-,16-14-,17-15-,22-20-,23-21-,28-26-,29-27-,34-32-,37-36-,40-39-. The Morgan fingerprint density at radius 2 is 0.614 bits per heavy atom. The summed E-state index contributed by atoms with van der Waals surface area (Å²) in [5.41, 5.74) is 0. The van der Waals surface area contributed by atoms with Gasteiger partial charge < -0.3 is 27.9 Å². The number of phosphoric acid groups is 1. The second-order valence-corrected chi connectivity index (χ2v) is 26.2. The van der Waals surface area contributed by atoms with Crippen LogP contribution in [0.1, 0.15) is 296 Å². The van der Waals surface area contributed by atoms with E-state index in [2.05, 4.69) is 148 Å². The lowest BCUT2D eigenvalue weighted by atomic mass is 10.0. The van der Waals surface area contributed by atoms with Crippen molar-refractivity contribution in [2.75, 3.05) is 47.5 Å². The molecule has 0 aliphatic carbocycles. The number of carbonyl (C=O) groups is 2. The summed E-state index contributed by atoms with van der Waals surface area (Å²) in [6, 6.07) is 0. The average Bonchev–Trinajstić information content (AvgIpc) is 3.68. The van der Waals surface area contributed by atoms with Crippen molar-refractivity contribution in [2.24, 2.45) is 0 Å². The molecule has 0 heterocycles. The van der Waals surface area contributed by atoms with E-state index in [-0.39, 0.29) is 32.0 Å². The van der Waals surface area contributed by atoms with Crippen molar-refractivity contribution in [2.45, 2.75) is 302 Å². The molecule has 0 aromatic heterocycles. The van der Waals surface area contributed by atoms with E-state index in [4.69, 9.17) is 18.5 Å². The number of unbranched alkanes of at least 4 members (excludes halogenated alkanes) is 29. The fraction of sp³-hybridized carbons (Fsp3) is 0.692. The van der Waals surface area contributed by atoms with Crippen LogP contribution in [0.2, 0.25) is 0 Å². The maximum Gasteiger partial charge on any atom is 0.306 e. The van der Waals surface area contributed by atoms with Crippen LogP contribution in [-0.4, -0.2) is 70.0 Å². The van der Waals surface area contributed by atoms with E-state index in [1.165, 1.54) is 154 Å². The van der Waals surface area contributed by atoms with Crippen molar-refractivity contribution in [3.63, 3.8) is 0 Å². The number of rotatable bonds is 65. The van der Waals surface area contributed by atoms with Gasteiger partial charge in [0.05, 0.1) is 27.7 Å². The number of esters is 2. The Balaban J connectivity index is 4.04. The van der Waals surface area contributed by atoms with Gasteiger partial charge in [-0.25, -0.2) is 0 Å². The van der Waals surface area contributed by atoms with Crippen LogP contribution in [0.15, 0.2) is 134 Å². The number of ether oxygens (including phenoxy) is 2. The molecule has 2 atom stereocenters. The van der Waals surface area contributed by atoms with Gasteiger partial charge in [0, 0.05) is 12.8 Å². The lowest BCUT2D eigenvalue weighted by molar-refractivity contribution is -0.870. The normalized spacial score (nSPS) is 13.9. The van der Waals surface area contributed by atoms with Crippen molar-refractivity contribution in [3.8, 4) is 0 Å². The first kappa shape index (κ1) is 84.2. The zero-order valence-corrected chi connectivity index (χ0v) is 58.3. The molecule has 2 unspecified atom stereocenters. The van der Waals surface area contributed by atoms with Crippen molar-refractivity contribution in [1.29, 1.82) is 0 Å². The molecule has 0 rings (SSSR count). The largest absolute Gasteiger partial charge is 0.756 e. The Morgan fingerprint density at radius 3 is 0.909 bits per heavy atom. The van der Waals surface area contributed by atoms with Gasteiger partial charge in [-0.15, -0.1) is 0 Å². The van der Waals surface area contributed by atoms with Crippen molar-refractivity contribution < 1.29 is 42.1 Å². The van der Waals surface area contributed by atoms with Gasteiger partial charge in [0.25, 0.3) is 7.82 Å². The molecule has 0 amide bonds. The van der Waals surface area contributed by atoms with E-state index in [1.54, 1.807) is 0 Å². The average molecular weight is 1240 g/mol. The second-order valence-electron chi connectivity index (χ2n) is 24.8. The van der Waals surface area contributed by atoms with E-state index in [1.807, 2.05) is 21.1 Å². The summed E-state index contributed by atoms with van der Waals surface area (Å²) in [7, 11) is 1.16. The van der Waals surface area contributed by atoms with E-state index in [0.29, 0.717) is 17.4 Å². The SMILES string of the molecule is CC/C=C\C/C=C\C/C=C\C/C=C\C/C=C\C/C=C\C/C=C\CCCCCCCCCCCCCCCCCC(=O)OC(COC(=O)CCCCCCCCCCCCCCCC/C=C\C/C=C\C/C=C\C/C=C\CC)COP(=O)([O-])OCC[N+](C)(C)C. The molecule has 0 N–H and O–H groups in total. The van der Waals surface area contributed by atoms with Gasteiger partial charge in [-0.3, -0.25) is 14.2 Å². The summed E-state index contributed by atoms with van der Waals surface area (Å²) in [6.07, 6.45) is 98.2. The quantitative estimate of drug-likeness (QED) is 0.0195. The second kappa shape index (κ2) is 67.5. The Labute approximate surface area is 542 Å². The molecule has 504 valence electrons. The maximum absolute atomic E-state index is 12.9. The number of quaternary nitrogens is 1. The smallest absolute Gasteiger partial charge is 0.306 e. The highest BCUT2D eigenvalue weighted by Crippen LogP contribution is 2.38. The number of phosphoric ester groups is 1. The number of carbonyl (C=O) groups excluding carboxylic acids is 2. The van der Waals surface area contributed by atoms with Crippen LogP contribution < -0.4 is 4.89 Å². The summed E-state index contributed by atoms with van der Waals surface area (Å²) in [5, 5.41) is 0. The maximum atomic E-state index is 12.9. The number of allylic oxidation sites excluding steroid dienone is 22. The lowest BCUT2D eigenvalue weighted by Crippen LogP contribution is -2.37. The predicted molar refractivity (Wildman–Crippen MR) is 378 cm³/mol. The first-order valence-corrected chi connectivity index (χ1v) is 37.4. The number of hydrogen-bond donors (Lipinski definition) is 0. The fourth-order valence-electron chi connectivity index (χ4n) is 9.75. The molecule has 0 aliphatic heterocycles. The third kappa shape index (κ3) is 71.2. The molecule has 0 aliphatic rings. The summed E-state index contributed by atoms with van der Waals surface area (Å²) >= 11 is 0. The molecular weight excluding hydrogens is 1110 g/mol. The molecule has 88 heavy (non-hydrogen) atoms. The van der Waals surface area contributed by atoms with E-state index in [0.717, 1.165) is 109 Å². The molecule has 0 radical (unpaired) electrons.